The van der Waals surface area contributed by atoms with Crippen LogP contribution in [0.5, 0.6) is 0 Å². The summed E-state index contributed by atoms with van der Waals surface area (Å²) in [6.07, 6.45) is 1.40. The molecule has 0 spiro atoms. The molecule has 0 bridgehead atoms. The molecule has 1 aromatic rings. The molecule has 1 aliphatic rings. The highest BCUT2D eigenvalue weighted by Crippen LogP contribution is 2.16. The van der Waals surface area contributed by atoms with E-state index in [0.717, 1.165) is 32.5 Å². The molecule has 1 amide bonds. The van der Waals surface area contributed by atoms with Crippen LogP contribution in [0, 0.1) is 0 Å². The van der Waals surface area contributed by atoms with E-state index in [1.807, 2.05) is 0 Å². The molecule has 6 nitrogen and oxygen atoms in total. The van der Waals surface area contributed by atoms with Crippen molar-refractivity contribution in [2.75, 3.05) is 26.2 Å². The Kier molecular flexibility index (Phi) is 5.19. The highest BCUT2D eigenvalue weighted by Gasteiger charge is 2.28. The zero-order valence-electron chi connectivity index (χ0n) is 11.8. The predicted octanol–water partition coefficient (Wildman–Crippen LogP) is 1.84. The molecule has 0 radical (unpaired) electrons. The summed E-state index contributed by atoms with van der Waals surface area (Å²) in [4.78, 5) is 13.5. The van der Waals surface area contributed by atoms with E-state index in [-0.39, 0.29) is 11.4 Å². The predicted molar refractivity (Wildman–Crippen MR) is 78.6 cm³/mol. The van der Waals surface area contributed by atoms with Gasteiger partial charge < -0.3 is 10.0 Å². The van der Waals surface area contributed by atoms with Gasteiger partial charge in [0.15, 0.2) is 0 Å². The van der Waals surface area contributed by atoms with Crippen LogP contribution in [0.2, 0.25) is 0 Å². The molecule has 0 saturated carbocycles. The number of hydrogen-bond acceptors (Lipinski definition) is 4. The number of nitrogens with zero attached hydrogens (tertiary/aromatic N) is 2. The zero-order chi connectivity index (χ0) is 15.3. The van der Waals surface area contributed by atoms with E-state index < -0.39 is 16.1 Å². The maximum atomic E-state index is 12.3. The highest BCUT2D eigenvalue weighted by molar-refractivity contribution is 7.89. The maximum absolute atomic E-state index is 12.3. The Hall–Kier alpha value is -1.60. The Morgan fingerprint density at radius 3 is 2.38 bits per heavy atom. The number of benzene rings is 1. The van der Waals surface area contributed by atoms with Crippen molar-refractivity contribution in [1.29, 1.82) is 0 Å². The Morgan fingerprint density at radius 1 is 1.19 bits per heavy atom. The number of carbonyl (C=O) groups is 1. The molecule has 1 saturated heterocycles. The molecule has 1 N–H and O–H groups in total. The fourth-order valence-electron chi connectivity index (χ4n) is 2.48. The van der Waals surface area contributed by atoms with E-state index in [0.29, 0.717) is 10.7 Å². The summed E-state index contributed by atoms with van der Waals surface area (Å²) >= 11 is 0. The van der Waals surface area contributed by atoms with E-state index >= 15 is 0 Å². The van der Waals surface area contributed by atoms with Crippen LogP contribution in [0.1, 0.15) is 19.3 Å². The second-order valence-electron chi connectivity index (χ2n) is 5.08. The lowest BCUT2D eigenvalue weighted by Crippen LogP contribution is -2.37. The number of carboxylic acid groups (broad SMARTS) is 1. The highest BCUT2D eigenvalue weighted by atomic mass is 32.2. The van der Waals surface area contributed by atoms with Crippen molar-refractivity contribution >= 4 is 16.1 Å². The van der Waals surface area contributed by atoms with Gasteiger partial charge in [-0.2, -0.15) is 0 Å². The second kappa shape index (κ2) is 6.91. The fourth-order valence-corrected chi connectivity index (χ4v) is 3.81. The van der Waals surface area contributed by atoms with Gasteiger partial charge in [0.25, 0.3) is 10.0 Å². The van der Waals surface area contributed by atoms with Crippen molar-refractivity contribution < 1.29 is 18.3 Å². The molecular weight excluding hydrogens is 292 g/mol. The monoisotopic (exact) mass is 312 g/mol. The first-order valence-corrected chi connectivity index (χ1v) is 8.49. The molecular formula is C14H20N2O4S. The van der Waals surface area contributed by atoms with E-state index in [2.05, 4.69) is 4.90 Å². The third-order valence-electron chi connectivity index (χ3n) is 3.58. The van der Waals surface area contributed by atoms with E-state index in [1.54, 1.807) is 18.2 Å². The zero-order valence-corrected chi connectivity index (χ0v) is 12.6. The smallest absolute Gasteiger partial charge is 0.421 e. The summed E-state index contributed by atoms with van der Waals surface area (Å²) in [6.45, 7) is 2.74. The lowest BCUT2D eigenvalue weighted by Gasteiger charge is -2.21. The van der Waals surface area contributed by atoms with Crippen LogP contribution < -0.4 is 0 Å². The molecule has 1 aliphatic heterocycles. The summed E-state index contributed by atoms with van der Waals surface area (Å²) in [5, 5.41) is 9.20. The van der Waals surface area contributed by atoms with Gasteiger partial charge in [-0.15, -0.1) is 0 Å². The third kappa shape index (κ3) is 3.95. The Bertz CT molecular complexity index is 568. The fraction of sp³-hybridized carbons (Fsp3) is 0.500. The summed E-state index contributed by atoms with van der Waals surface area (Å²) < 4.78 is 25.2. The normalized spacial score (nSPS) is 16.0. The van der Waals surface area contributed by atoms with Crippen LogP contribution in [0.3, 0.4) is 0 Å². The lowest BCUT2D eigenvalue weighted by atomic mass is 10.4. The molecule has 1 heterocycles. The van der Waals surface area contributed by atoms with Crippen molar-refractivity contribution in [2.45, 2.75) is 24.2 Å². The van der Waals surface area contributed by atoms with E-state index in [9.17, 15) is 18.3 Å². The quantitative estimate of drug-likeness (QED) is 0.867. The Labute approximate surface area is 125 Å². The standard InChI is InChI=1S/C14H20N2O4S/c17-14(18)16(12-6-11-15-9-4-5-10-15)21(19,20)13-7-2-1-3-8-13/h1-3,7-8H,4-6,9-12H2,(H,17,18). The third-order valence-corrected chi connectivity index (χ3v) is 5.37. The molecule has 0 aromatic heterocycles. The van der Waals surface area contributed by atoms with Crippen LogP contribution in [-0.4, -0.2) is 55.0 Å². The van der Waals surface area contributed by atoms with Gasteiger partial charge in [-0.05, 0) is 51.0 Å². The van der Waals surface area contributed by atoms with Crippen LogP contribution >= 0.6 is 0 Å². The van der Waals surface area contributed by atoms with Crippen molar-refractivity contribution in [3.63, 3.8) is 0 Å². The molecule has 0 aliphatic carbocycles. The minimum Gasteiger partial charge on any atom is -0.464 e. The van der Waals surface area contributed by atoms with Crippen molar-refractivity contribution in [3.8, 4) is 0 Å². The average Bonchev–Trinajstić information content (AvgIpc) is 2.97. The van der Waals surface area contributed by atoms with Gasteiger partial charge in [0, 0.05) is 6.54 Å². The SMILES string of the molecule is O=C(O)N(CCCN1CCCC1)S(=O)(=O)c1ccccc1. The first kappa shape index (κ1) is 15.8. The lowest BCUT2D eigenvalue weighted by molar-refractivity contribution is 0.170. The Balaban J connectivity index is 2.02. The van der Waals surface area contributed by atoms with Gasteiger partial charge in [0.2, 0.25) is 0 Å². The largest absolute Gasteiger partial charge is 0.464 e. The van der Waals surface area contributed by atoms with Crippen LogP contribution in [0.25, 0.3) is 0 Å². The van der Waals surface area contributed by atoms with Gasteiger partial charge in [-0.25, -0.2) is 17.5 Å². The molecule has 21 heavy (non-hydrogen) atoms. The number of sulfonamides is 1. The van der Waals surface area contributed by atoms with Gasteiger partial charge in [-0.3, -0.25) is 0 Å². The van der Waals surface area contributed by atoms with Crippen LogP contribution in [-0.2, 0) is 10.0 Å². The minimum atomic E-state index is -3.98. The van der Waals surface area contributed by atoms with Crippen molar-refractivity contribution in [2.24, 2.45) is 0 Å². The number of amides is 1. The molecule has 0 atom stereocenters. The maximum Gasteiger partial charge on any atom is 0.421 e. The number of rotatable bonds is 6. The summed E-state index contributed by atoms with van der Waals surface area (Å²) in [6, 6.07) is 7.67. The van der Waals surface area contributed by atoms with Crippen molar-refractivity contribution in [3.05, 3.63) is 30.3 Å². The molecule has 1 fully saturated rings. The summed E-state index contributed by atoms with van der Waals surface area (Å²) in [5.74, 6) is 0. The van der Waals surface area contributed by atoms with E-state index in [1.165, 1.54) is 12.1 Å². The average molecular weight is 312 g/mol. The topological polar surface area (TPSA) is 77.9 Å². The summed E-state index contributed by atoms with van der Waals surface area (Å²) in [7, 11) is -3.98. The molecule has 2 rings (SSSR count). The first-order chi connectivity index (χ1) is 10.0. The second-order valence-corrected chi connectivity index (χ2v) is 6.94. The van der Waals surface area contributed by atoms with Gasteiger partial charge in [0.1, 0.15) is 0 Å². The Morgan fingerprint density at radius 2 is 1.81 bits per heavy atom. The van der Waals surface area contributed by atoms with Crippen LogP contribution in [0.4, 0.5) is 4.79 Å². The minimum absolute atomic E-state index is 0.00794. The molecule has 0 unspecified atom stereocenters. The van der Waals surface area contributed by atoms with Crippen LogP contribution in [0.15, 0.2) is 35.2 Å². The van der Waals surface area contributed by atoms with E-state index in [4.69, 9.17) is 0 Å². The van der Waals surface area contributed by atoms with Gasteiger partial charge in [0.05, 0.1) is 4.90 Å². The van der Waals surface area contributed by atoms with Crippen molar-refractivity contribution in [1.82, 2.24) is 9.21 Å². The van der Waals surface area contributed by atoms with Gasteiger partial charge in [-0.1, -0.05) is 18.2 Å². The summed E-state index contributed by atoms with van der Waals surface area (Å²) in [5.41, 5.74) is 0. The molecule has 1 aromatic carbocycles. The first-order valence-electron chi connectivity index (χ1n) is 7.05. The number of hydrogen-bond donors (Lipinski definition) is 1. The molecule has 116 valence electrons. The molecule has 7 heteroatoms. The van der Waals surface area contributed by atoms with Gasteiger partial charge >= 0.3 is 6.09 Å². The number of likely N-dealkylation sites (tertiary alicyclic amines) is 1.